The summed E-state index contributed by atoms with van der Waals surface area (Å²) in [5.41, 5.74) is 1.78. The molecular weight excluding hydrogens is 370 g/mol. The first-order chi connectivity index (χ1) is 14.1. The zero-order chi connectivity index (χ0) is 20.2. The Morgan fingerprint density at radius 3 is 2.48 bits per heavy atom. The van der Waals surface area contributed by atoms with Crippen molar-refractivity contribution in [3.8, 4) is 0 Å². The van der Waals surface area contributed by atoms with Crippen LogP contribution in [0.3, 0.4) is 0 Å². The summed E-state index contributed by atoms with van der Waals surface area (Å²) < 4.78 is 5.38. The lowest BCUT2D eigenvalue weighted by Crippen LogP contribution is -2.27. The number of carbonyl (C=O) groups excluding carboxylic acids is 3. The van der Waals surface area contributed by atoms with Crippen molar-refractivity contribution in [1.29, 1.82) is 0 Å². The van der Waals surface area contributed by atoms with Crippen LogP contribution in [0, 0.1) is 0 Å². The quantitative estimate of drug-likeness (QED) is 0.703. The van der Waals surface area contributed by atoms with E-state index in [1.54, 1.807) is 48.5 Å². The molecule has 7 nitrogen and oxygen atoms in total. The van der Waals surface area contributed by atoms with E-state index in [2.05, 4.69) is 16.0 Å². The third kappa shape index (κ3) is 4.81. The Bertz CT molecular complexity index is 933. The Labute approximate surface area is 168 Å². The van der Waals surface area contributed by atoms with Gasteiger partial charge in [-0.15, -0.1) is 0 Å². The Balaban J connectivity index is 1.45. The first kappa shape index (κ1) is 19.1. The van der Waals surface area contributed by atoms with Crippen LogP contribution in [0.2, 0.25) is 0 Å². The molecule has 3 N–H and O–H groups in total. The summed E-state index contributed by atoms with van der Waals surface area (Å²) in [6.45, 7) is 0.592. The molecule has 1 aliphatic carbocycles. The molecule has 29 heavy (non-hydrogen) atoms. The normalized spacial score (nSPS) is 18.1. The van der Waals surface area contributed by atoms with Gasteiger partial charge in [-0.1, -0.05) is 18.2 Å². The van der Waals surface area contributed by atoms with Gasteiger partial charge >= 0.3 is 0 Å². The molecule has 1 aliphatic heterocycles. The summed E-state index contributed by atoms with van der Waals surface area (Å²) in [4.78, 5) is 37.4. The van der Waals surface area contributed by atoms with Crippen molar-refractivity contribution in [2.75, 3.05) is 17.2 Å². The second kappa shape index (κ2) is 8.45. The maximum atomic E-state index is 12.7. The fourth-order valence-corrected chi connectivity index (χ4v) is 3.22. The summed E-state index contributed by atoms with van der Waals surface area (Å²) in [6.07, 6.45) is 3.11. The number of para-hydroxylation sites is 1. The monoisotopic (exact) mass is 393 g/mol. The highest BCUT2D eigenvalue weighted by atomic mass is 16.5. The summed E-state index contributed by atoms with van der Waals surface area (Å²) in [5.74, 6) is -0.756. The van der Waals surface area contributed by atoms with Crippen molar-refractivity contribution in [2.45, 2.75) is 37.8 Å². The number of rotatable bonds is 6. The molecule has 1 heterocycles. The van der Waals surface area contributed by atoms with Crippen molar-refractivity contribution < 1.29 is 19.1 Å². The van der Waals surface area contributed by atoms with Crippen LogP contribution in [0.1, 0.15) is 46.4 Å². The van der Waals surface area contributed by atoms with E-state index < -0.39 is 6.10 Å². The summed E-state index contributed by atoms with van der Waals surface area (Å²) >= 11 is 0. The smallest absolute Gasteiger partial charge is 0.255 e. The molecule has 3 amide bonds. The second-order valence-corrected chi connectivity index (χ2v) is 7.32. The first-order valence-corrected chi connectivity index (χ1v) is 9.84. The average Bonchev–Trinajstić information content (AvgIpc) is 3.36. The molecule has 1 atom stereocenters. The molecule has 2 fully saturated rings. The van der Waals surface area contributed by atoms with Crippen molar-refractivity contribution in [3.05, 3.63) is 59.7 Å². The lowest BCUT2D eigenvalue weighted by molar-refractivity contribution is -0.124. The maximum Gasteiger partial charge on any atom is 0.255 e. The minimum absolute atomic E-state index is 0.194. The molecule has 0 bridgehead atoms. The van der Waals surface area contributed by atoms with Gasteiger partial charge in [-0.2, -0.15) is 0 Å². The summed E-state index contributed by atoms with van der Waals surface area (Å²) in [7, 11) is 0. The molecular formula is C22H23N3O4. The summed E-state index contributed by atoms with van der Waals surface area (Å²) in [6, 6.07) is 13.8. The number of hydrogen-bond donors (Lipinski definition) is 3. The fourth-order valence-electron chi connectivity index (χ4n) is 3.22. The number of carbonyl (C=O) groups is 3. The molecule has 4 rings (SSSR count). The number of amides is 3. The van der Waals surface area contributed by atoms with Gasteiger partial charge < -0.3 is 20.7 Å². The van der Waals surface area contributed by atoms with Crippen molar-refractivity contribution >= 4 is 29.1 Å². The van der Waals surface area contributed by atoms with E-state index in [1.807, 2.05) is 0 Å². The van der Waals surface area contributed by atoms with Crippen LogP contribution in [0.15, 0.2) is 48.5 Å². The number of anilines is 2. The number of ether oxygens (including phenoxy) is 1. The third-order valence-electron chi connectivity index (χ3n) is 4.95. The van der Waals surface area contributed by atoms with Crippen LogP contribution < -0.4 is 16.0 Å². The topological polar surface area (TPSA) is 96.5 Å². The molecule has 2 aliphatic rings. The lowest BCUT2D eigenvalue weighted by atomic mass is 10.1. The standard InChI is InChI=1S/C22H23N3O4/c26-20(25-18-8-2-1-7-17(18)21(27)23-15-10-11-15)14-5-3-6-16(13-14)24-22(28)19-9-4-12-29-19/h1-3,5-8,13,15,19H,4,9-12H2,(H,23,27)(H,24,28)(H,25,26). The average molecular weight is 393 g/mol. The van der Waals surface area contributed by atoms with E-state index in [9.17, 15) is 14.4 Å². The SMILES string of the molecule is O=C(Nc1ccccc1C(=O)NC1CC1)c1cccc(NC(=O)C2CCCO2)c1. The van der Waals surface area contributed by atoms with Crippen molar-refractivity contribution in [3.63, 3.8) is 0 Å². The van der Waals surface area contributed by atoms with E-state index in [0.29, 0.717) is 35.5 Å². The molecule has 2 aromatic rings. The van der Waals surface area contributed by atoms with Gasteiger partial charge in [0, 0.05) is 23.9 Å². The number of hydrogen-bond acceptors (Lipinski definition) is 4. The van der Waals surface area contributed by atoms with Crippen molar-refractivity contribution in [1.82, 2.24) is 5.32 Å². The molecule has 2 aromatic carbocycles. The van der Waals surface area contributed by atoms with E-state index in [-0.39, 0.29) is 23.8 Å². The van der Waals surface area contributed by atoms with Gasteiger partial charge in [-0.05, 0) is 56.0 Å². The maximum absolute atomic E-state index is 12.7. The largest absolute Gasteiger partial charge is 0.368 e. The molecule has 7 heteroatoms. The van der Waals surface area contributed by atoms with Crippen LogP contribution in [0.4, 0.5) is 11.4 Å². The van der Waals surface area contributed by atoms with Crippen LogP contribution >= 0.6 is 0 Å². The van der Waals surface area contributed by atoms with Gasteiger partial charge in [-0.25, -0.2) is 0 Å². The van der Waals surface area contributed by atoms with Crippen LogP contribution in [0.5, 0.6) is 0 Å². The highest BCUT2D eigenvalue weighted by molar-refractivity contribution is 6.09. The highest BCUT2D eigenvalue weighted by Gasteiger charge is 2.25. The van der Waals surface area contributed by atoms with Crippen LogP contribution in [0.25, 0.3) is 0 Å². The van der Waals surface area contributed by atoms with Crippen LogP contribution in [-0.4, -0.2) is 36.5 Å². The van der Waals surface area contributed by atoms with E-state index in [1.165, 1.54) is 0 Å². The van der Waals surface area contributed by atoms with Gasteiger partial charge in [0.05, 0.1) is 11.3 Å². The molecule has 1 unspecified atom stereocenters. The lowest BCUT2D eigenvalue weighted by Gasteiger charge is -2.13. The minimum Gasteiger partial charge on any atom is -0.368 e. The number of nitrogens with one attached hydrogen (secondary N) is 3. The van der Waals surface area contributed by atoms with Gasteiger partial charge in [-0.3, -0.25) is 14.4 Å². The van der Waals surface area contributed by atoms with Crippen molar-refractivity contribution in [2.24, 2.45) is 0 Å². The Morgan fingerprint density at radius 2 is 1.72 bits per heavy atom. The van der Waals surface area contributed by atoms with Gasteiger partial charge in [0.25, 0.3) is 17.7 Å². The zero-order valence-corrected chi connectivity index (χ0v) is 15.9. The molecule has 1 saturated carbocycles. The molecule has 1 saturated heterocycles. The number of benzene rings is 2. The fraction of sp³-hybridized carbons (Fsp3) is 0.318. The van der Waals surface area contributed by atoms with Gasteiger partial charge in [0.15, 0.2) is 0 Å². The zero-order valence-electron chi connectivity index (χ0n) is 15.9. The third-order valence-corrected chi connectivity index (χ3v) is 4.95. The Kier molecular flexibility index (Phi) is 5.57. The minimum atomic E-state index is -0.440. The molecule has 150 valence electrons. The Hall–Kier alpha value is -3.19. The van der Waals surface area contributed by atoms with E-state index >= 15 is 0 Å². The van der Waals surface area contributed by atoms with Gasteiger partial charge in [0.1, 0.15) is 6.10 Å². The Morgan fingerprint density at radius 1 is 0.897 bits per heavy atom. The molecule has 0 aromatic heterocycles. The van der Waals surface area contributed by atoms with Crippen LogP contribution in [-0.2, 0) is 9.53 Å². The van der Waals surface area contributed by atoms with Gasteiger partial charge in [0.2, 0.25) is 0 Å². The predicted octanol–water partition coefficient (Wildman–Crippen LogP) is 2.95. The van der Waals surface area contributed by atoms with E-state index in [0.717, 1.165) is 19.3 Å². The molecule has 0 spiro atoms. The first-order valence-electron chi connectivity index (χ1n) is 9.84. The highest BCUT2D eigenvalue weighted by Crippen LogP contribution is 2.22. The summed E-state index contributed by atoms with van der Waals surface area (Å²) in [5, 5.41) is 8.52. The van der Waals surface area contributed by atoms with E-state index in [4.69, 9.17) is 4.74 Å². The second-order valence-electron chi connectivity index (χ2n) is 7.32. The predicted molar refractivity (Wildman–Crippen MR) is 109 cm³/mol. The molecule has 0 radical (unpaired) electrons.